The molecule has 1 heterocycles. The van der Waals surface area contributed by atoms with Crippen LogP contribution in [0.5, 0.6) is 0 Å². The van der Waals surface area contributed by atoms with Crippen LogP contribution in [-0.4, -0.2) is 32.0 Å². The average Bonchev–Trinajstić information content (AvgIpc) is 2.90. The molecule has 1 aromatic carbocycles. The fraction of sp³-hybridized carbons (Fsp3) is 0.467. The van der Waals surface area contributed by atoms with Gasteiger partial charge >= 0.3 is 5.97 Å². The number of rotatable bonds is 2. The van der Waals surface area contributed by atoms with Crippen LogP contribution in [0.15, 0.2) is 24.3 Å². The molecule has 1 aromatic heterocycles. The number of carbonyl (C=O) groups excluding carboxylic acids is 1. The van der Waals surface area contributed by atoms with Crippen LogP contribution in [0.4, 0.5) is 0 Å². The molecule has 0 spiro atoms. The summed E-state index contributed by atoms with van der Waals surface area (Å²) in [5, 5.41) is 17.2. The molecule has 1 N–H and O–H groups in total. The van der Waals surface area contributed by atoms with E-state index in [2.05, 4.69) is 17.2 Å². The van der Waals surface area contributed by atoms with Crippen molar-refractivity contribution in [1.29, 1.82) is 0 Å². The van der Waals surface area contributed by atoms with Gasteiger partial charge in [0.25, 0.3) is 5.91 Å². The van der Waals surface area contributed by atoms with Crippen molar-refractivity contribution in [3.63, 3.8) is 0 Å². The quantitative estimate of drug-likeness (QED) is 0.915. The van der Waals surface area contributed by atoms with Crippen molar-refractivity contribution >= 4 is 22.9 Å². The lowest BCUT2D eigenvalue weighted by molar-refractivity contribution is -0.144. The van der Waals surface area contributed by atoms with Gasteiger partial charge in [0.15, 0.2) is 0 Å². The van der Waals surface area contributed by atoms with Crippen LogP contribution in [0, 0.1) is 17.8 Å². The number of para-hydroxylation sites is 1. The third kappa shape index (κ3) is 2.41. The van der Waals surface area contributed by atoms with Gasteiger partial charge in [0.05, 0.1) is 17.4 Å². The summed E-state index contributed by atoms with van der Waals surface area (Å²) in [5.41, 5.74) is 1.27. The molecule has 0 saturated heterocycles. The number of carboxylic acid groups (broad SMARTS) is 1. The second-order valence-corrected chi connectivity index (χ2v) is 5.80. The number of nitrogens with zero attached hydrogens (tertiary/aromatic N) is 3. The number of carboxylic acids is 1. The fourth-order valence-corrected chi connectivity index (χ4v) is 3.14. The largest absolute Gasteiger partial charge is 0.481 e. The van der Waals surface area contributed by atoms with Gasteiger partial charge in [-0.15, -0.1) is 5.10 Å². The molecule has 3 unspecified atom stereocenters. The molecule has 110 valence electrons. The molecule has 1 fully saturated rings. The maximum Gasteiger partial charge on any atom is 0.307 e. The van der Waals surface area contributed by atoms with Gasteiger partial charge in [-0.3, -0.25) is 9.59 Å². The predicted molar refractivity (Wildman–Crippen MR) is 75.8 cm³/mol. The van der Waals surface area contributed by atoms with Crippen LogP contribution in [0.3, 0.4) is 0 Å². The van der Waals surface area contributed by atoms with Crippen LogP contribution in [0.25, 0.3) is 11.0 Å². The van der Waals surface area contributed by atoms with Gasteiger partial charge in [-0.05, 0) is 37.3 Å². The summed E-state index contributed by atoms with van der Waals surface area (Å²) in [7, 11) is 0. The molecule has 3 rings (SSSR count). The van der Waals surface area contributed by atoms with Gasteiger partial charge < -0.3 is 5.11 Å². The minimum absolute atomic E-state index is 0.261. The maximum absolute atomic E-state index is 12.7. The Morgan fingerprint density at radius 3 is 2.76 bits per heavy atom. The summed E-state index contributed by atoms with van der Waals surface area (Å²) >= 11 is 0. The van der Waals surface area contributed by atoms with E-state index < -0.39 is 17.8 Å². The first-order valence-corrected chi connectivity index (χ1v) is 7.15. The monoisotopic (exact) mass is 287 g/mol. The molecule has 1 saturated carbocycles. The highest BCUT2D eigenvalue weighted by Gasteiger charge is 2.39. The Morgan fingerprint density at radius 2 is 2.00 bits per heavy atom. The number of benzene rings is 1. The van der Waals surface area contributed by atoms with Gasteiger partial charge in [-0.1, -0.05) is 24.3 Å². The molecule has 21 heavy (non-hydrogen) atoms. The van der Waals surface area contributed by atoms with Crippen molar-refractivity contribution < 1.29 is 14.7 Å². The van der Waals surface area contributed by atoms with Gasteiger partial charge in [-0.2, -0.15) is 4.68 Å². The summed E-state index contributed by atoms with van der Waals surface area (Å²) in [5.74, 6) is -1.97. The summed E-state index contributed by atoms with van der Waals surface area (Å²) in [6.07, 6.45) is 1.97. The van der Waals surface area contributed by atoms with Gasteiger partial charge in [0.2, 0.25) is 0 Å². The molecule has 2 aromatic rings. The van der Waals surface area contributed by atoms with E-state index in [0.29, 0.717) is 29.8 Å². The molecule has 6 heteroatoms. The van der Waals surface area contributed by atoms with E-state index in [0.717, 1.165) is 6.42 Å². The van der Waals surface area contributed by atoms with E-state index in [9.17, 15) is 14.7 Å². The van der Waals surface area contributed by atoms with Crippen molar-refractivity contribution in [2.75, 3.05) is 0 Å². The molecule has 6 nitrogen and oxygen atoms in total. The molecule has 0 bridgehead atoms. The van der Waals surface area contributed by atoms with Crippen LogP contribution in [0.2, 0.25) is 0 Å². The van der Waals surface area contributed by atoms with Gasteiger partial charge in [0, 0.05) is 0 Å². The number of aromatic nitrogens is 3. The number of carbonyl (C=O) groups is 2. The molecule has 0 amide bonds. The third-order valence-electron chi connectivity index (χ3n) is 4.31. The highest BCUT2D eigenvalue weighted by atomic mass is 16.4. The standard InChI is InChI=1S/C15H17N3O3/c1-9-6-7-10(15(20)21)11(8-9)14(19)18-13-5-3-2-4-12(13)16-17-18/h2-5,9-11H,6-8H2,1H3,(H,20,21). The van der Waals surface area contributed by atoms with E-state index in [-0.39, 0.29) is 5.91 Å². The summed E-state index contributed by atoms with van der Waals surface area (Å²) in [6, 6.07) is 7.20. The second-order valence-electron chi connectivity index (χ2n) is 5.80. The minimum Gasteiger partial charge on any atom is -0.481 e. The Bertz CT molecular complexity index is 694. The SMILES string of the molecule is CC1CCC(C(=O)O)C(C(=O)n2nnc3ccccc32)C1. The Labute approximate surface area is 121 Å². The summed E-state index contributed by atoms with van der Waals surface area (Å²) in [4.78, 5) is 24.1. The normalized spacial score (nSPS) is 25.9. The Kier molecular flexibility index (Phi) is 3.45. The summed E-state index contributed by atoms with van der Waals surface area (Å²) in [6.45, 7) is 2.05. The molecule has 3 atom stereocenters. The van der Waals surface area contributed by atoms with E-state index in [1.165, 1.54) is 4.68 Å². The highest BCUT2D eigenvalue weighted by Crippen LogP contribution is 2.35. The Balaban J connectivity index is 1.97. The van der Waals surface area contributed by atoms with E-state index >= 15 is 0 Å². The molecule has 0 radical (unpaired) electrons. The lowest BCUT2D eigenvalue weighted by atomic mass is 9.74. The molecular weight excluding hydrogens is 270 g/mol. The molecular formula is C15H17N3O3. The summed E-state index contributed by atoms with van der Waals surface area (Å²) < 4.78 is 1.26. The fourth-order valence-electron chi connectivity index (χ4n) is 3.14. The van der Waals surface area contributed by atoms with Crippen molar-refractivity contribution in [2.24, 2.45) is 17.8 Å². The van der Waals surface area contributed by atoms with Gasteiger partial charge in [-0.25, -0.2) is 0 Å². The van der Waals surface area contributed by atoms with E-state index in [1.54, 1.807) is 12.1 Å². The molecule has 1 aliphatic rings. The second kappa shape index (κ2) is 5.27. The Hall–Kier alpha value is -2.24. The van der Waals surface area contributed by atoms with Crippen molar-refractivity contribution in [1.82, 2.24) is 15.0 Å². The van der Waals surface area contributed by atoms with Crippen molar-refractivity contribution in [2.45, 2.75) is 26.2 Å². The van der Waals surface area contributed by atoms with Crippen LogP contribution < -0.4 is 0 Å². The first-order valence-electron chi connectivity index (χ1n) is 7.15. The number of aliphatic carboxylic acids is 1. The molecule has 0 aliphatic heterocycles. The third-order valence-corrected chi connectivity index (χ3v) is 4.31. The highest BCUT2D eigenvalue weighted by molar-refractivity contribution is 5.92. The number of hydrogen-bond donors (Lipinski definition) is 1. The van der Waals surface area contributed by atoms with Crippen molar-refractivity contribution in [3.8, 4) is 0 Å². The number of hydrogen-bond acceptors (Lipinski definition) is 4. The zero-order valence-corrected chi connectivity index (χ0v) is 11.8. The maximum atomic E-state index is 12.7. The zero-order chi connectivity index (χ0) is 15.0. The lowest BCUT2D eigenvalue weighted by Crippen LogP contribution is -2.37. The molecule has 1 aliphatic carbocycles. The van der Waals surface area contributed by atoms with Crippen LogP contribution >= 0.6 is 0 Å². The smallest absolute Gasteiger partial charge is 0.307 e. The van der Waals surface area contributed by atoms with E-state index in [4.69, 9.17) is 0 Å². The van der Waals surface area contributed by atoms with Crippen molar-refractivity contribution in [3.05, 3.63) is 24.3 Å². The zero-order valence-electron chi connectivity index (χ0n) is 11.8. The lowest BCUT2D eigenvalue weighted by Gasteiger charge is -2.30. The predicted octanol–water partition coefficient (Wildman–Crippen LogP) is 2.21. The van der Waals surface area contributed by atoms with Crippen LogP contribution in [0.1, 0.15) is 31.0 Å². The minimum atomic E-state index is -0.898. The van der Waals surface area contributed by atoms with Gasteiger partial charge in [0.1, 0.15) is 5.52 Å². The first kappa shape index (κ1) is 13.7. The Morgan fingerprint density at radius 1 is 1.24 bits per heavy atom. The topological polar surface area (TPSA) is 85.1 Å². The first-order chi connectivity index (χ1) is 10.1. The average molecular weight is 287 g/mol. The number of fused-ring (bicyclic) bond motifs is 1. The van der Waals surface area contributed by atoms with Crippen LogP contribution in [-0.2, 0) is 4.79 Å². The van der Waals surface area contributed by atoms with E-state index in [1.807, 2.05) is 12.1 Å².